The summed E-state index contributed by atoms with van der Waals surface area (Å²) in [7, 11) is 1.56. The molecule has 1 aromatic carbocycles. The van der Waals surface area contributed by atoms with Crippen LogP contribution in [-0.2, 0) is 23.9 Å². The van der Waals surface area contributed by atoms with Gasteiger partial charge in [-0.25, -0.2) is 0 Å². The summed E-state index contributed by atoms with van der Waals surface area (Å²) in [6.45, 7) is 4.92. The Morgan fingerprint density at radius 3 is 2.67 bits per heavy atom. The number of hydrogen-bond acceptors (Lipinski definition) is 5. The van der Waals surface area contributed by atoms with Crippen molar-refractivity contribution in [2.75, 3.05) is 25.6 Å². The molecule has 3 amide bonds. The lowest BCUT2D eigenvalue weighted by atomic mass is 9.73. The lowest BCUT2D eigenvalue weighted by Crippen LogP contribution is -2.58. The highest BCUT2D eigenvalue weighted by Crippen LogP contribution is 2.55. The van der Waals surface area contributed by atoms with Crippen LogP contribution < -0.4 is 10.6 Å². The summed E-state index contributed by atoms with van der Waals surface area (Å²) < 4.78 is 11.6. The Balaban J connectivity index is 1.42. The summed E-state index contributed by atoms with van der Waals surface area (Å²) in [4.78, 5) is 42.6. The molecule has 6 unspecified atom stereocenters. The van der Waals surface area contributed by atoms with Crippen LogP contribution in [0.4, 0.5) is 5.69 Å². The molecule has 3 fully saturated rings. The average molecular weight is 516 g/mol. The molecule has 36 heavy (non-hydrogen) atoms. The van der Waals surface area contributed by atoms with Crippen LogP contribution in [-0.4, -0.2) is 66.7 Å². The standard InChI is InChI=1S/C27H34ClN3O5/c1-15-5-4-6-19(16(15)2)30-25(33)23-27-12-11-20(36-27)21(22(27)26(34)31(23)13-14-35-3)24(32)29-18-9-7-17(28)8-10-18/h7-12,15-16,19-23H,4-6,13-14H2,1-3H3,(H,29,32)(H,30,33)/t15?,16?,19?,20-,21?,22-,23?,27?/m1/s1. The van der Waals surface area contributed by atoms with E-state index in [0.717, 1.165) is 19.3 Å². The van der Waals surface area contributed by atoms with Crippen LogP contribution in [0.15, 0.2) is 36.4 Å². The van der Waals surface area contributed by atoms with E-state index in [1.165, 1.54) is 0 Å². The van der Waals surface area contributed by atoms with Crippen LogP contribution in [0.1, 0.15) is 33.1 Å². The van der Waals surface area contributed by atoms with Gasteiger partial charge in [-0.2, -0.15) is 0 Å². The Kier molecular flexibility index (Phi) is 6.87. The molecule has 3 heterocycles. The number of hydrogen-bond donors (Lipinski definition) is 2. The highest BCUT2D eigenvalue weighted by Gasteiger charge is 2.72. The summed E-state index contributed by atoms with van der Waals surface area (Å²) >= 11 is 5.97. The van der Waals surface area contributed by atoms with Gasteiger partial charge in [0, 0.05) is 30.4 Å². The Morgan fingerprint density at radius 2 is 1.94 bits per heavy atom. The fourth-order valence-corrected chi connectivity index (χ4v) is 6.63. The molecule has 8 atom stereocenters. The Labute approximate surface area is 216 Å². The Hall–Kier alpha value is -2.42. The molecule has 5 rings (SSSR count). The lowest BCUT2D eigenvalue weighted by Gasteiger charge is -2.38. The fraction of sp³-hybridized carbons (Fsp3) is 0.593. The van der Waals surface area contributed by atoms with Gasteiger partial charge in [-0.05, 0) is 42.5 Å². The van der Waals surface area contributed by atoms with E-state index in [1.807, 2.05) is 12.2 Å². The van der Waals surface area contributed by atoms with Crippen LogP contribution in [0.5, 0.6) is 0 Å². The van der Waals surface area contributed by atoms with Gasteiger partial charge in [0.05, 0.1) is 24.5 Å². The Bertz CT molecular complexity index is 1060. The molecule has 1 aromatic rings. The molecule has 1 spiro atoms. The molecule has 1 aliphatic carbocycles. The van der Waals surface area contributed by atoms with Crippen LogP contribution in [0, 0.1) is 23.7 Å². The molecule has 2 bridgehead atoms. The number of carbonyl (C=O) groups is 3. The maximum Gasteiger partial charge on any atom is 0.246 e. The number of benzene rings is 1. The van der Waals surface area contributed by atoms with E-state index < -0.39 is 29.6 Å². The number of nitrogens with zero attached hydrogens (tertiary/aromatic N) is 1. The van der Waals surface area contributed by atoms with Crippen molar-refractivity contribution >= 4 is 35.0 Å². The number of methoxy groups -OCH3 is 1. The van der Waals surface area contributed by atoms with Gasteiger partial charge in [0.1, 0.15) is 11.6 Å². The third kappa shape index (κ3) is 4.13. The molecule has 3 aliphatic heterocycles. The summed E-state index contributed by atoms with van der Waals surface area (Å²) in [5.41, 5.74) is -0.591. The number of halogens is 1. The summed E-state index contributed by atoms with van der Waals surface area (Å²) in [5.74, 6) is -1.45. The third-order valence-electron chi connectivity index (χ3n) is 8.61. The van der Waals surface area contributed by atoms with Gasteiger partial charge in [0.25, 0.3) is 0 Å². The summed E-state index contributed by atoms with van der Waals surface area (Å²) in [5, 5.41) is 6.71. The highest BCUT2D eigenvalue weighted by atomic mass is 35.5. The Morgan fingerprint density at radius 1 is 1.19 bits per heavy atom. The van der Waals surface area contributed by atoms with Crippen LogP contribution in [0.2, 0.25) is 5.02 Å². The molecule has 4 aliphatic rings. The zero-order chi connectivity index (χ0) is 25.6. The second-order valence-corrected chi connectivity index (χ2v) is 11.0. The van der Waals surface area contributed by atoms with Gasteiger partial charge in [-0.1, -0.05) is 50.4 Å². The van der Waals surface area contributed by atoms with Gasteiger partial charge in [0.15, 0.2) is 0 Å². The minimum absolute atomic E-state index is 0.0441. The smallest absolute Gasteiger partial charge is 0.246 e. The van der Waals surface area contributed by atoms with Gasteiger partial charge in [0.2, 0.25) is 17.7 Å². The molecule has 8 nitrogen and oxygen atoms in total. The first kappa shape index (κ1) is 25.2. The van der Waals surface area contributed by atoms with Crippen molar-refractivity contribution in [1.29, 1.82) is 0 Å². The molecule has 2 N–H and O–H groups in total. The molecule has 194 valence electrons. The first-order valence-electron chi connectivity index (χ1n) is 12.8. The van der Waals surface area contributed by atoms with Gasteiger partial charge < -0.3 is 25.0 Å². The van der Waals surface area contributed by atoms with E-state index in [2.05, 4.69) is 24.5 Å². The summed E-state index contributed by atoms with van der Waals surface area (Å²) in [6, 6.07) is 5.99. The number of fused-ring (bicyclic) bond motifs is 1. The highest BCUT2D eigenvalue weighted by molar-refractivity contribution is 6.30. The largest absolute Gasteiger partial charge is 0.383 e. The average Bonchev–Trinajstić information content (AvgIpc) is 3.49. The second kappa shape index (κ2) is 9.80. The van der Waals surface area contributed by atoms with Gasteiger partial charge >= 0.3 is 0 Å². The van der Waals surface area contributed by atoms with E-state index in [-0.39, 0.29) is 36.9 Å². The monoisotopic (exact) mass is 515 g/mol. The van der Waals surface area contributed by atoms with Crippen molar-refractivity contribution in [2.24, 2.45) is 23.7 Å². The molecule has 0 radical (unpaired) electrons. The van der Waals surface area contributed by atoms with Crippen molar-refractivity contribution in [3.05, 3.63) is 41.4 Å². The predicted octanol–water partition coefficient (Wildman–Crippen LogP) is 3.02. The van der Waals surface area contributed by atoms with Crippen molar-refractivity contribution in [3.63, 3.8) is 0 Å². The second-order valence-electron chi connectivity index (χ2n) is 10.6. The van der Waals surface area contributed by atoms with E-state index in [9.17, 15) is 14.4 Å². The van der Waals surface area contributed by atoms with E-state index in [4.69, 9.17) is 21.1 Å². The number of anilines is 1. The third-order valence-corrected chi connectivity index (χ3v) is 8.86. The fourth-order valence-electron chi connectivity index (χ4n) is 6.50. The molecular weight excluding hydrogens is 482 g/mol. The zero-order valence-electron chi connectivity index (χ0n) is 20.9. The minimum Gasteiger partial charge on any atom is -0.383 e. The number of likely N-dealkylation sites (tertiary alicyclic amines) is 1. The first-order valence-corrected chi connectivity index (χ1v) is 13.2. The predicted molar refractivity (Wildman–Crippen MR) is 135 cm³/mol. The van der Waals surface area contributed by atoms with Crippen LogP contribution >= 0.6 is 11.6 Å². The van der Waals surface area contributed by atoms with E-state index >= 15 is 0 Å². The normalized spacial score (nSPS) is 36.7. The molecule has 2 saturated heterocycles. The number of ether oxygens (including phenoxy) is 2. The van der Waals surface area contributed by atoms with Crippen molar-refractivity contribution in [2.45, 2.75) is 56.9 Å². The zero-order valence-corrected chi connectivity index (χ0v) is 21.7. The minimum atomic E-state index is -1.18. The van der Waals surface area contributed by atoms with Crippen molar-refractivity contribution in [3.8, 4) is 0 Å². The molecule has 9 heteroatoms. The van der Waals surface area contributed by atoms with Gasteiger partial charge in [-0.15, -0.1) is 0 Å². The van der Waals surface area contributed by atoms with E-state index in [1.54, 1.807) is 36.3 Å². The van der Waals surface area contributed by atoms with Crippen LogP contribution in [0.3, 0.4) is 0 Å². The number of nitrogens with one attached hydrogen (secondary N) is 2. The lowest BCUT2D eigenvalue weighted by molar-refractivity contribution is -0.142. The van der Waals surface area contributed by atoms with Crippen LogP contribution in [0.25, 0.3) is 0 Å². The number of rotatable bonds is 7. The SMILES string of the molecule is COCCN1C(=O)[C@H]2C(C(=O)Nc3ccc(Cl)cc3)[C@H]3C=CC2(O3)C1C(=O)NC1CCCC(C)C1C. The quantitative estimate of drug-likeness (QED) is 0.544. The number of carbonyl (C=O) groups excluding carboxylic acids is 3. The topological polar surface area (TPSA) is 97.0 Å². The van der Waals surface area contributed by atoms with Crippen molar-refractivity contribution in [1.82, 2.24) is 10.2 Å². The molecule has 0 aromatic heterocycles. The summed E-state index contributed by atoms with van der Waals surface area (Å²) in [6.07, 6.45) is 6.21. The number of amides is 3. The van der Waals surface area contributed by atoms with Gasteiger partial charge in [-0.3, -0.25) is 14.4 Å². The first-order chi connectivity index (χ1) is 17.3. The maximum atomic E-state index is 13.8. The molecular formula is C27H34ClN3O5. The van der Waals surface area contributed by atoms with Crippen molar-refractivity contribution < 1.29 is 23.9 Å². The van der Waals surface area contributed by atoms with E-state index in [0.29, 0.717) is 22.5 Å². The maximum absolute atomic E-state index is 13.8. The molecule has 1 saturated carbocycles.